The van der Waals surface area contributed by atoms with Crippen LogP contribution in [0.1, 0.15) is 0 Å². The first-order chi connectivity index (χ1) is 6.50. The van der Waals surface area contributed by atoms with Gasteiger partial charge in [0.2, 0.25) is 0 Å². The molecule has 6 heteroatoms. The zero-order valence-electron chi connectivity index (χ0n) is 7.31. The van der Waals surface area contributed by atoms with Gasteiger partial charge in [-0.1, -0.05) is 17.4 Å². The summed E-state index contributed by atoms with van der Waals surface area (Å²) in [6.07, 6.45) is 0. The number of fused-ring (bicyclic) bond motifs is 1. The van der Waals surface area contributed by atoms with Crippen molar-refractivity contribution in [2.45, 2.75) is 5.24 Å². The molecular formula is C8H4B3BrN2. The van der Waals surface area contributed by atoms with E-state index in [9.17, 15) is 0 Å². The molecule has 0 unspecified atom stereocenters. The number of imidazole rings is 1. The van der Waals surface area contributed by atoms with Gasteiger partial charge in [-0.05, 0) is 28.1 Å². The summed E-state index contributed by atoms with van der Waals surface area (Å²) < 4.78 is 2.05. The van der Waals surface area contributed by atoms with E-state index in [1.807, 2.05) is 24.3 Å². The fourth-order valence-electron chi connectivity index (χ4n) is 1.37. The highest BCUT2D eigenvalue weighted by atomic mass is 79.9. The Bertz CT molecular complexity index is 475. The molecule has 62 valence electrons. The number of benzene rings is 1. The number of rotatable bonds is 1. The zero-order valence-corrected chi connectivity index (χ0v) is 8.90. The van der Waals surface area contributed by atoms with Gasteiger partial charge in [-0.25, -0.2) is 4.98 Å². The maximum absolute atomic E-state index is 5.62. The van der Waals surface area contributed by atoms with E-state index in [1.165, 1.54) is 4.57 Å². The van der Waals surface area contributed by atoms with Crippen molar-refractivity contribution in [3.8, 4) is 0 Å². The lowest BCUT2D eigenvalue weighted by atomic mass is 9.49. The van der Waals surface area contributed by atoms with E-state index in [2.05, 4.69) is 20.9 Å². The lowest BCUT2D eigenvalue weighted by Gasteiger charge is -2.24. The van der Waals surface area contributed by atoms with Crippen molar-refractivity contribution in [1.82, 2.24) is 9.55 Å². The van der Waals surface area contributed by atoms with Crippen LogP contribution in [0.2, 0.25) is 0 Å². The first-order valence-corrected chi connectivity index (χ1v) is 4.79. The molecule has 0 bridgehead atoms. The molecule has 0 amide bonds. The number of para-hydroxylation sites is 2. The molecular weight excluding hydrogens is 236 g/mol. The Kier molecular flexibility index (Phi) is 2.26. The first-order valence-electron chi connectivity index (χ1n) is 4.00. The Morgan fingerprint density at radius 1 is 1.21 bits per heavy atom. The normalized spacial score (nSPS) is 12.1. The molecule has 2 rings (SSSR count). The molecule has 0 fully saturated rings. The van der Waals surface area contributed by atoms with Crippen molar-refractivity contribution in [1.29, 1.82) is 0 Å². The summed E-state index contributed by atoms with van der Waals surface area (Å²) in [4.78, 5) is 4.22. The van der Waals surface area contributed by atoms with Crippen LogP contribution in [0, 0.1) is 0 Å². The number of nitrogens with zero attached hydrogens (tertiary/aromatic N) is 2. The summed E-state index contributed by atoms with van der Waals surface area (Å²) >= 11 is 3.26. The molecule has 2 nitrogen and oxygen atoms in total. The maximum Gasteiger partial charge on any atom is 0.176 e. The molecule has 0 saturated carbocycles. The third-order valence-electron chi connectivity index (χ3n) is 1.91. The van der Waals surface area contributed by atoms with Crippen molar-refractivity contribution >= 4 is 50.5 Å². The van der Waals surface area contributed by atoms with Gasteiger partial charge in [0.05, 0.1) is 34.6 Å². The molecule has 0 aliphatic heterocycles. The molecule has 1 aromatic carbocycles. The van der Waals surface area contributed by atoms with Crippen LogP contribution < -0.4 is 0 Å². The predicted octanol–water partition coefficient (Wildman–Crippen LogP) is 0.872. The Hall–Kier alpha value is -0.635. The number of hydrogen-bond donors (Lipinski definition) is 0. The molecule has 0 spiro atoms. The predicted molar refractivity (Wildman–Crippen MR) is 62.7 cm³/mol. The minimum Gasteiger partial charge on any atom is -0.339 e. The monoisotopic (exact) mass is 240 g/mol. The molecule has 0 aliphatic carbocycles. The van der Waals surface area contributed by atoms with Crippen molar-refractivity contribution in [3.05, 3.63) is 29.0 Å². The summed E-state index contributed by atoms with van der Waals surface area (Å²) in [5.41, 5.74) is 1.59. The van der Waals surface area contributed by atoms with Gasteiger partial charge in [0.15, 0.2) is 4.73 Å². The quantitative estimate of drug-likeness (QED) is 0.677. The fraction of sp³-hybridized carbons (Fsp3) is 0.125. The van der Waals surface area contributed by atoms with Crippen molar-refractivity contribution in [2.24, 2.45) is 0 Å². The summed E-state index contributed by atoms with van der Waals surface area (Å²) in [6, 6.07) is 7.48. The SMILES string of the molecule is [B]C([B])([B])n1c(Br)nc2ccccc21. The topological polar surface area (TPSA) is 17.8 Å². The van der Waals surface area contributed by atoms with E-state index < -0.39 is 5.24 Å². The van der Waals surface area contributed by atoms with E-state index in [0.29, 0.717) is 4.73 Å². The highest BCUT2D eigenvalue weighted by Crippen LogP contribution is 2.23. The zero-order chi connectivity index (χ0) is 10.3. The Balaban J connectivity index is 2.81. The average Bonchev–Trinajstić information content (AvgIpc) is 2.38. The molecule has 1 heterocycles. The van der Waals surface area contributed by atoms with Crippen LogP contribution in [0.3, 0.4) is 0 Å². The van der Waals surface area contributed by atoms with E-state index >= 15 is 0 Å². The van der Waals surface area contributed by atoms with Crippen molar-refractivity contribution in [3.63, 3.8) is 0 Å². The van der Waals surface area contributed by atoms with Gasteiger partial charge in [-0.2, -0.15) is 0 Å². The summed E-state index contributed by atoms with van der Waals surface area (Å²) in [7, 11) is 16.8. The Labute approximate surface area is 94.4 Å². The fourth-order valence-corrected chi connectivity index (χ4v) is 2.05. The summed E-state index contributed by atoms with van der Waals surface area (Å²) in [6.45, 7) is 0. The third-order valence-corrected chi connectivity index (χ3v) is 2.44. The molecule has 2 aromatic rings. The second-order valence-corrected chi connectivity index (χ2v) is 3.80. The first kappa shape index (κ1) is 9.90. The number of aromatic nitrogens is 2. The second kappa shape index (κ2) is 3.19. The molecule has 0 aliphatic rings. The van der Waals surface area contributed by atoms with E-state index in [1.54, 1.807) is 0 Å². The Morgan fingerprint density at radius 2 is 1.86 bits per heavy atom. The summed E-state index contributed by atoms with van der Waals surface area (Å²) in [5, 5.41) is -1.45. The highest BCUT2D eigenvalue weighted by Gasteiger charge is 2.18. The van der Waals surface area contributed by atoms with Crippen LogP contribution in [-0.4, -0.2) is 33.1 Å². The van der Waals surface area contributed by atoms with Gasteiger partial charge in [0.1, 0.15) is 0 Å². The smallest absolute Gasteiger partial charge is 0.176 e. The molecule has 0 N–H and O–H groups in total. The van der Waals surface area contributed by atoms with Gasteiger partial charge in [-0.3, -0.25) is 0 Å². The van der Waals surface area contributed by atoms with Gasteiger partial charge in [0, 0.05) is 0 Å². The lowest BCUT2D eigenvalue weighted by Crippen LogP contribution is -2.35. The van der Waals surface area contributed by atoms with Crippen LogP contribution in [0.15, 0.2) is 29.0 Å². The molecule has 6 radical (unpaired) electrons. The van der Waals surface area contributed by atoms with Crippen LogP contribution in [0.5, 0.6) is 0 Å². The van der Waals surface area contributed by atoms with Gasteiger partial charge >= 0.3 is 0 Å². The lowest BCUT2D eigenvalue weighted by molar-refractivity contribution is 0.786. The van der Waals surface area contributed by atoms with Crippen molar-refractivity contribution < 1.29 is 0 Å². The van der Waals surface area contributed by atoms with Crippen molar-refractivity contribution in [2.75, 3.05) is 0 Å². The molecule has 0 atom stereocenters. The van der Waals surface area contributed by atoms with E-state index in [-0.39, 0.29) is 0 Å². The average molecular weight is 240 g/mol. The third kappa shape index (κ3) is 1.52. The van der Waals surface area contributed by atoms with E-state index in [4.69, 9.17) is 23.5 Å². The largest absolute Gasteiger partial charge is 0.339 e. The highest BCUT2D eigenvalue weighted by molar-refractivity contribution is 9.10. The Morgan fingerprint density at radius 3 is 2.50 bits per heavy atom. The number of hydrogen-bond acceptors (Lipinski definition) is 1. The van der Waals surface area contributed by atoms with Gasteiger partial charge in [0.25, 0.3) is 0 Å². The second-order valence-electron chi connectivity index (χ2n) is 3.09. The number of halogens is 1. The van der Waals surface area contributed by atoms with Crippen LogP contribution >= 0.6 is 15.9 Å². The van der Waals surface area contributed by atoms with Gasteiger partial charge in [-0.15, -0.1) is 0 Å². The van der Waals surface area contributed by atoms with Crippen LogP contribution in [-0.2, 0) is 5.24 Å². The van der Waals surface area contributed by atoms with Gasteiger partial charge < -0.3 is 4.57 Å². The molecule has 14 heavy (non-hydrogen) atoms. The van der Waals surface area contributed by atoms with Crippen LogP contribution in [0.25, 0.3) is 11.0 Å². The van der Waals surface area contributed by atoms with E-state index in [0.717, 1.165) is 11.0 Å². The standard InChI is InChI=1S/C8H4B3BrN2/c9-8(10,11)14-6-4-2-1-3-5(6)13-7(14)12/h1-4H. The minimum absolute atomic E-state index is 0.520. The maximum atomic E-state index is 5.62. The molecule has 1 aromatic heterocycles. The summed E-state index contributed by atoms with van der Waals surface area (Å²) in [5.74, 6) is 0. The molecule has 0 saturated heterocycles. The van der Waals surface area contributed by atoms with Crippen LogP contribution in [0.4, 0.5) is 0 Å². The minimum atomic E-state index is -1.45.